The molecule has 0 spiro atoms. The standard InChI is InChI=1S/C19H21Cl2N3O4/c1-19(2,3)28-18(26)24-8-6-23(7-9-24)17(25)15-11-27-16(22-15)12-4-5-13(20)14(21)10-12/h4-5,10-11H,6-9H2,1-3H3. The minimum atomic E-state index is -0.550. The minimum Gasteiger partial charge on any atom is -0.444 e. The summed E-state index contributed by atoms with van der Waals surface area (Å²) in [5.74, 6) is 0.0354. The molecule has 3 rings (SSSR count). The van der Waals surface area contributed by atoms with Crippen LogP contribution in [0.15, 0.2) is 28.9 Å². The van der Waals surface area contributed by atoms with Crippen LogP contribution < -0.4 is 0 Å². The van der Waals surface area contributed by atoms with E-state index in [1.807, 2.05) is 20.8 Å². The molecule has 0 bridgehead atoms. The molecule has 1 aliphatic rings. The highest BCUT2D eigenvalue weighted by molar-refractivity contribution is 6.42. The Morgan fingerprint density at radius 2 is 1.71 bits per heavy atom. The van der Waals surface area contributed by atoms with Gasteiger partial charge in [0, 0.05) is 31.7 Å². The predicted molar refractivity (Wildman–Crippen MR) is 106 cm³/mol. The summed E-state index contributed by atoms with van der Waals surface area (Å²) in [6.07, 6.45) is 0.948. The quantitative estimate of drug-likeness (QED) is 0.714. The van der Waals surface area contributed by atoms with Crippen LogP contribution in [0.25, 0.3) is 11.5 Å². The Labute approximate surface area is 173 Å². The molecule has 0 aliphatic carbocycles. The van der Waals surface area contributed by atoms with E-state index < -0.39 is 5.60 Å². The fraction of sp³-hybridized carbons (Fsp3) is 0.421. The van der Waals surface area contributed by atoms with Gasteiger partial charge in [-0.2, -0.15) is 0 Å². The first-order valence-corrected chi connectivity index (χ1v) is 9.58. The number of rotatable bonds is 2. The summed E-state index contributed by atoms with van der Waals surface area (Å²) in [5.41, 5.74) is 0.279. The van der Waals surface area contributed by atoms with Crippen molar-refractivity contribution < 1.29 is 18.7 Å². The Morgan fingerprint density at radius 3 is 2.32 bits per heavy atom. The van der Waals surface area contributed by atoms with E-state index in [2.05, 4.69) is 4.98 Å². The fourth-order valence-corrected chi connectivity index (χ4v) is 3.01. The van der Waals surface area contributed by atoms with E-state index in [1.54, 1.807) is 28.0 Å². The molecule has 0 atom stereocenters. The molecule has 0 N–H and O–H groups in total. The second kappa shape index (κ2) is 8.01. The average Bonchev–Trinajstić information content (AvgIpc) is 3.12. The van der Waals surface area contributed by atoms with Crippen molar-refractivity contribution in [3.05, 3.63) is 40.2 Å². The number of halogens is 2. The van der Waals surface area contributed by atoms with Gasteiger partial charge >= 0.3 is 6.09 Å². The Bertz CT molecular complexity index is 884. The molecular weight excluding hydrogens is 405 g/mol. The van der Waals surface area contributed by atoms with Crippen LogP contribution in [0, 0.1) is 0 Å². The van der Waals surface area contributed by atoms with Crippen molar-refractivity contribution in [3.63, 3.8) is 0 Å². The third-order valence-corrected chi connectivity index (χ3v) is 4.85. The molecule has 0 radical (unpaired) electrons. The smallest absolute Gasteiger partial charge is 0.410 e. The summed E-state index contributed by atoms with van der Waals surface area (Å²) in [7, 11) is 0. The Morgan fingerprint density at radius 1 is 1.07 bits per heavy atom. The van der Waals surface area contributed by atoms with Crippen molar-refractivity contribution in [2.24, 2.45) is 0 Å². The number of oxazole rings is 1. The van der Waals surface area contributed by atoms with Gasteiger partial charge in [0.05, 0.1) is 10.0 Å². The number of amides is 2. The zero-order chi connectivity index (χ0) is 20.5. The molecule has 7 nitrogen and oxygen atoms in total. The van der Waals surface area contributed by atoms with E-state index in [4.69, 9.17) is 32.4 Å². The highest BCUT2D eigenvalue weighted by Crippen LogP contribution is 2.28. The molecule has 1 aromatic heterocycles. The molecule has 2 aromatic rings. The summed E-state index contributed by atoms with van der Waals surface area (Å²) in [6, 6.07) is 4.98. The highest BCUT2D eigenvalue weighted by atomic mass is 35.5. The number of ether oxygens (including phenoxy) is 1. The Kier molecular flexibility index (Phi) is 5.86. The van der Waals surface area contributed by atoms with Crippen LogP contribution in [-0.2, 0) is 4.74 Å². The third kappa shape index (κ3) is 4.77. The third-order valence-electron chi connectivity index (χ3n) is 4.11. The van der Waals surface area contributed by atoms with Crippen LogP contribution in [0.4, 0.5) is 4.79 Å². The molecule has 0 saturated carbocycles. The number of nitrogens with zero attached hydrogens (tertiary/aromatic N) is 3. The van der Waals surface area contributed by atoms with Crippen LogP contribution in [-0.4, -0.2) is 58.6 Å². The van der Waals surface area contributed by atoms with E-state index in [1.165, 1.54) is 6.26 Å². The number of hydrogen-bond acceptors (Lipinski definition) is 5. The van der Waals surface area contributed by atoms with Crippen molar-refractivity contribution in [2.45, 2.75) is 26.4 Å². The summed E-state index contributed by atoms with van der Waals surface area (Å²) in [6.45, 7) is 7.05. The van der Waals surface area contributed by atoms with Crippen LogP contribution >= 0.6 is 23.2 Å². The van der Waals surface area contributed by atoms with Crippen LogP contribution in [0.2, 0.25) is 10.0 Å². The molecule has 1 saturated heterocycles. The second-order valence-electron chi connectivity index (χ2n) is 7.43. The van der Waals surface area contributed by atoms with Crippen molar-refractivity contribution >= 4 is 35.2 Å². The first-order valence-electron chi connectivity index (χ1n) is 8.82. The summed E-state index contributed by atoms with van der Waals surface area (Å²) in [4.78, 5) is 32.3. The predicted octanol–water partition coefficient (Wildman–Crippen LogP) is 4.34. The second-order valence-corrected chi connectivity index (χ2v) is 8.24. The van der Waals surface area contributed by atoms with Gasteiger partial charge in [0.2, 0.25) is 5.89 Å². The molecule has 2 amide bonds. The van der Waals surface area contributed by atoms with Gasteiger partial charge in [0.25, 0.3) is 5.91 Å². The van der Waals surface area contributed by atoms with Gasteiger partial charge in [-0.05, 0) is 39.0 Å². The molecule has 1 aromatic carbocycles. The van der Waals surface area contributed by atoms with Crippen LogP contribution in [0.3, 0.4) is 0 Å². The van der Waals surface area contributed by atoms with Gasteiger partial charge in [-0.15, -0.1) is 0 Å². The summed E-state index contributed by atoms with van der Waals surface area (Å²) >= 11 is 11.9. The lowest BCUT2D eigenvalue weighted by atomic mass is 10.2. The van der Waals surface area contributed by atoms with E-state index in [0.29, 0.717) is 41.8 Å². The van der Waals surface area contributed by atoms with Crippen molar-refractivity contribution in [2.75, 3.05) is 26.2 Å². The number of aromatic nitrogens is 1. The molecule has 150 valence electrons. The SMILES string of the molecule is CC(C)(C)OC(=O)N1CCN(C(=O)c2coc(-c3ccc(Cl)c(Cl)c3)n2)CC1. The van der Waals surface area contributed by atoms with Crippen molar-refractivity contribution in [1.29, 1.82) is 0 Å². The Balaban J connectivity index is 1.62. The van der Waals surface area contributed by atoms with E-state index in [9.17, 15) is 9.59 Å². The lowest BCUT2D eigenvalue weighted by molar-refractivity contribution is 0.0140. The number of carbonyl (C=O) groups is 2. The van der Waals surface area contributed by atoms with Gasteiger partial charge in [0.1, 0.15) is 11.9 Å². The zero-order valence-electron chi connectivity index (χ0n) is 15.9. The maximum Gasteiger partial charge on any atom is 0.410 e. The summed E-state index contributed by atoms with van der Waals surface area (Å²) < 4.78 is 10.8. The summed E-state index contributed by atoms with van der Waals surface area (Å²) in [5, 5.41) is 0.805. The number of hydrogen-bond donors (Lipinski definition) is 0. The number of benzene rings is 1. The molecule has 1 aliphatic heterocycles. The normalized spacial score (nSPS) is 14.9. The molecule has 1 fully saturated rings. The van der Waals surface area contributed by atoms with Gasteiger partial charge in [-0.25, -0.2) is 9.78 Å². The van der Waals surface area contributed by atoms with Gasteiger partial charge in [-0.1, -0.05) is 23.2 Å². The largest absolute Gasteiger partial charge is 0.444 e. The maximum absolute atomic E-state index is 12.7. The van der Waals surface area contributed by atoms with Crippen molar-refractivity contribution in [1.82, 2.24) is 14.8 Å². The van der Waals surface area contributed by atoms with Crippen molar-refractivity contribution in [3.8, 4) is 11.5 Å². The van der Waals surface area contributed by atoms with E-state index in [-0.39, 0.29) is 23.6 Å². The number of carbonyl (C=O) groups excluding carboxylic acids is 2. The highest BCUT2D eigenvalue weighted by Gasteiger charge is 2.29. The molecule has 9 heteroatoms. The lowest BCUT2D eigenvalue weighted by Gasteiger charge is -2.35. The first-order chi connectivity index (χ1) is 13.1. The van der Waals surface area contributed by atoms with E-state index >= 15 is 0 Å². The lowest BCUT2D eigenvalue weighted by Crippen LogP contribution is -2.51. The maximum atomic E-state index is 12.7. The first kappa shape index (κ1) is 20.5. The fourth-order valence-electron chi connectivity index (χ4n) is 2.71. The molecule has 0 unspecified atom stereocenters. The van der Waals surface area contributed by atoms with Gasteiger partial charge in [0.15, 0.2) is 5.69 Å². The molecule has 28 heavy (non-hydrogen) atoms. The van der Waals surface area contributed by atoms with E-state index in [0.717, 1.165) is 0 Å². The number of piperazine rings is 1. The van der Waals surface area contributed by atoms with Gasteiger partial charge < -0.3 is 19.0 Å². The topological polar surface area (TPSA) is 75.9 Å². The molecule has 2 heterocycles. The van der Waals surface area contributed by atoms with Gasteiger partial charge in [-0.3, -0.25) is 4.79 Å². The Hall–Kier alpha value is -2.25. The van der Waals surface area contributed by atoms with Crippen LogP contribution in [0.1, 0.15) is 31.3 Å². The molecular formula is C19H21Cl2N3O4. The van der Waals surface area contributed by atoms with Crippen LogP contribution in [0.5, 0.6) is 0 Å². The minimum absolute atomic E-state index is 0.201. The average molecular weight is 426 g/mol. The zero-order valence-corrected chi connectivity index (χ0v) is 17.4. The monoisotopic (exact) mass is 425 g/mol.